The first kappa shape index (κ1) is 13.5. The van der Waals surface area contributed by atoms with Crippen LogP contribution < -0.4 is 5.32 Å². The molecule has 0 aliphatic carbocycles. The van der Waals surface area contributed by atoms with Crippen LogP contribution in [0.15, 0.2) is 16.7 Å². The Morgan fingerprint density at radius 2 is 2.11 bits per heavy atom. The lowest BCUT2D eigenvalue weighted by atomic mass is 10.0. The molecule has 1 aromatic rings. The second-order valence-electron chi connectivity index (χ2n) is 4.60. The summed E-state index contributed by atoms with van der Waals surface area (Å²) >= 11 is 0. The largest absolute Gasteiger partial charge is 0.469 e. The number of hydrogen-bond acceptors (Lipinski definition) is 4. The molecular weight excluding hydrogens is 248 g/mol. The van der Waals surface area contributed by atoms with Crippen LogP contribution in [0.5, 0.6) is 0 Å². The van der Waals surface area contributed by atoms with E-state index in [4.69, 9.17) is 4.42 Å². The second-order valence-corrected chi connectivity index (χ2v) is 4.60. The fourth-order valence-corrected chi connectivity index (χ4v) is 2.22. The van der Waals surface area contributed by atoms with Crippen LogP contribution in [-0.2, 0) is 4.74 Å². The molecule has 1 N–H and O–H groups in total. The number of carbonyl (C=O) groups excluding carboxylic acids is 2. The van der Waals surface area contributed by atoms with Crippen molar-refractivity contribution in [2.75, 3.05) is 20.2 Å². The highest BCUT2D eigenvalue weighted by Crippen LogP contribution is 2.14. The first-order valence-electron chi connectivity index (χ1n) is 6.29. The predicted molar refractivity (Wildman–Crippen MR) is 67.9 cm³/mol. The topological polar surface area (TPSA) is 71.8 Å². The third-order valence-electron chi connectivity index (χ3n) is 3.37. The summed E-state index contributed by atoms with van der Waals surface area (Å²) in [6.07, 6.45) is 2.66. The molecule has 19 heavy (non-hydrogen) atoms. The van der Waals surface area contributed by atoms with Crippen LogP contribution in [-0.4, -0.2) is 43.1 Å². The average molecular weight is 266 g/mol. The number of furan rings is 1. The fraction of sp³-hybridized carbons (Fsp3) is 0.538. The number of piperidine rings is 1. The number of rotatable bonds is 2. The lowest BCUT2D eigenvalue weighted by molar-refractivity contribution is 0.0891. The standard InChI is InChI=1S/C13H18N2O4/c1-9-11(5-8-19-9)12(16)14-10-3-6-15(7-4-10)13(17)18-2/h5,8,10H,3-4,6-7H2,1-2H3,(H,14,16). The van der Waals surface area contributed by atoms with E-state index in [0.717, 1.165) is 12.8 Å². The molecule has 0 unspecified atom stereocenters. The van der Waals surface area contributed by atoms with Crippen LogP contribution in [0, 0.1) is 6.92 Å². The Kier molecular flexibility index (Phi) is 4.09. The predicted octanol–water partition coefficient (Wildman–Crippen LogP) is 1.55. The number of likely N-dealkylation sites (tertiary alicyclic amines) is 1. The summed E-state index contributed by atoms with van der Waals surface area (Å²) in [6, 6.07) is 1.75. The van der Waals surface area contributed by atoms with Gasteiger partial charge in [-0.05, 0) is 25.8 Å². The molecule has 1 aliphatic heterocycles. The van der Waals surface area contributed by atoms with Crippen molar-refractivity contribution in [3.63, 3.8) is 0 Å². The zero-order valence-electron chi connectivity index (χ0n) is 11.1. The number of ether oxygens (including phenoxy) is 1. The summed E-state index contributed by atoms with van der Waals surface area (Å²) in [7, 11) is 1.37. The average Bonchev–Trinajstić information content (AvgIpc) is 2.85. The summed E-state index contributed by atoms with van der Waals surface area (Å²) < 4.78 is 9.78. The molecule has 0 aromatic carbocycles. The fourth-order valence-electron chi connectivity index (χ4n) is 2.22. The van der Waals surface area contributed by atoms with E-state index in [1.54, 1.807) is 17.9 Å². The highest BCUT2D eigenvalue weighted by molar-refractivity contribution is 5.95. The van der Waals surface area contributed by atoms with E-state index in [-0.39, 0.29) is 18.0 Å². The van der Waals surface area contributed by atoms with Crippen molar-refractivity contribution in [1.29, 1.82) is 0 Å². The van der Waals surface area contributed by atoms with Crippen molar-refractivity contribution in [3.8, 4) is 0 Å². The highest BCUT2D eigenvalue weighted by atomic mass is 16.5. The quantitative estimate of drug-likeness (QED) is 0.881. The van der Waals surface area contributed by atoms with Gasteiger partial charge in [0.15, 0.2) is 0 Å². The minimum absolute atomic E-state index is 0.0858. The van der Waals surface area contributed by atoms with Gasteiger partial charge in [0, 0.05) is 19.1 Å². The first-order valence-corrected chi connectivity index (χ1v) is 6.29. The molecular formula is C13H18N2O4. The van der Waals surface area contributed by atoms with E-state index in [1.165, 1.54) is 13.4 Å². The SMILES string of the molecule is COC(=O)N1CCC(NC(=O)c2ccoc2C)CC1. The summed E-state index contributed by atoms with van der Waals surface area (Å²) in [5, 5.41) is 2.96. The van der Waals surface area contributed by atoms with E-state index in [2.05, 4.69) is 10.1 Å². The molecule has 1 aliphatic rings. The molecule has 6 nitrogen and oxygen atoms in total. The number of aryl methyl sites for hydroxylation is 1. The lowest BCUT2D eigenvalue weighted by Crippen LogP contribution is -2.46. The molecule has 1 saturated heterocycles. The van der Waals surface area contributed by atoms with Crippen molar-refractivity contribution in [3.05, 3.63) is 23.7 Å². The minimum atomic E-state index is -0.310. The number of nitrogens with zero attached hydrogens (tertiary/aromatic N) is 1. The van der Waals surface area contributed by atoms with E-state index in [1.807, 2.05) is 0 Å². The molecule has 0 radical (unpaired) electrons. The van der Waals surface area contributed by atoms with Crippen molar-refractivity contribution in [1.82, 2.24) is 10.2 Å². The zero-order chi connectivity index (χ0) is 13.8. The van der Waals surface area contributed by atoms with Gasteiger partial charge in [-0.25, -0.2) is 4.79 Å². The summed E-state index contributed by atoms with van der Waals surface area (Å²) in [5.41, 5.74) is 0.565. The van der Waals surface area contributed by atoms with Gasteiger partial charge in [-0.2, -0.15) is 0 Å². The summed E-state index contributed by atoms with van der Waals surface area (Å²) in [5.74, 6) is 0.493. The van der Waals surface area contributed by atoms with Crippen LogP contribution >= 0.6 is 0 Å². The number of methoxy groups -OCH3 is 1. The zero-order valence-corrected chi connectivity index (χ0v) is 11.1. The van der Waals surface area contributed by atoms with Crippen LogP contribution in [0.3, 0.4) is 0 Å². The summed E-state index contributed by atoms with van der Waals surface area (Å²) in [6.45, 7) is 2.96. The molecule has 6 heteroatoms. The van der Waals surface area contributed by atoms with Crippen molar-refractivity contribution in [2.24, 2.45) is 0 Å². The molecule has 2 rings (SSSR count). The maximum Gasteiger partial charge on any atom is 0.409 e. The van der Waals surface area contributed by atoms with E-state index in [9.17, 15) is 9.59 Å². The second kappa shape index (κ2) is 5.77. The molecule has 0 bridgehead atoms. The molecule has 2 amide bonds. The highest BCUT2D eigenvalue weighted by Gasteiger charge is 2.25. The smallest absolute Gasteiger partial charge is 0.409 e. The van der Waals surface area contributed by atoms with Gasteiger partial charge in [0.05, 0.1) is 18.9 Å². The van der Waals surface area contributed by atoms with Gasteiger partial charge < -0.3 is 19.4 Å². The van der Waals surface area contributed by atoms with Crippen molar-refractivity contribution >= 4 is 12.0 Å². The normalized spacial score (nSPS) is 16.2. The minimum Gasteiger partial charge on any atom is -0.469 e. The Bertz CT molecular complexity index is 461. The lowest BCUT2D eigenvalue weighted by Gasteiger charge is -2.31. The molecule has 2 heterocycles. The number of carbonyl (C=O) groups is 2. The maximum atomic E-state index is 12.0. The third kappa shape index (κ3) is 3.07. The van der Waals surface area contributed by atoms with E-state index < -0.39 is 0 Å². The van der Waals surface area contributed by atoms with Gasteiger partial charge in [-0.15, -0.1) is 0 Å². The van der Waals surface area contributed by atoms with Gasteiger partial charge in [0.2, 0.25) is 0 Å². The van der Waals surface area contributed by atoms with Crippen molar-refractivity contribution in [2.45, 2.75) is 25.8 Å². The molecule has 1 aromatic heterocycles. The first-order chi connectivity index (χ1) is 9.11. The van der Waals surface area contributed by atoms with Crippen LogP contribution in [0.2, 0.25) is 0 Å². The summed E-state index contributed by atoms with van der Waals surface area (Å²) in [4.78, 5) is 25.0. The molecule has 0 saturated carbocycles. The number of hydrogen-bond donors (Lipinski definition) is 1. The Labute approximate surface area is 111 Å². The van der Waals surface area contributed by atoms with Crippen molar-refractivity contribution < 1.29 is 18.7 Å². The Hall–Kier alpha value is -1.98. The monoisotopic (exact) mass is 266 g/mol. The van der Waals surface area contributed by atoms with Crippen LogP contribution in [0.25, 0.3) is 0 Å². The van der Waals surface area contributed by atoms with Crippen LogP contribution in [0.1, 0.15) is 29.0 Å². The molecule has 104 valence electrons. The van der Waals surface area contributed by atoms with Crippen LogP contribution in [0.4, 0.5) is 4.79 Å². The molecule has 0 atom stereocenters. The Balaban J connectivity index is 1.85. The van der Waals surface area contributed by atoms with E-state index in [0.29, 0.717) is 24.4 Å². The van der Waals surface area contributed by atoms with Gasteiger partial charge in [-0.1, -0.05) is 0 Å². The Morgan fingerprint density at radius 3 is 2.63 bits per heavy atom. The van der Waals surface area contributed by atoms with Gasteiger partial charge in [0.25, 0.3) is 5.91 Å². The number of amides is 2. The van der Waals surface area contributed by atoms with Gasteiger partial charge in [-0.3, -0.25) is 4.79 Å². The number of nitrogens with one attached hydrogen (secondary N) is 1. The third-order valence-corrected chi connectivity index (χ3v) is 3.37. The van der Waals surface area contributed by atoms with E-state index >= 15 is 0 Å². The molecule has 0 spiro atoms. The van der Waals surface area contributed by atoms with Gasteiger partial charge in [0.1, 0.15) is 5.76 Å². The van der Waals surface area contributed by atoms with Gasteiger partial charge >= 0.3 is 6.09 Å². The molecule has 1 fully saturated rings. The maximum absolute atomic E-state index is 12.0. The Morgan fingerprint density at radius 1 is 1.42 bits per heavy atom.